The Labute approximate surface area is 179 Å². The quantitative estimate of drug-likeness (QED) is 0.464. The van der Waals surface area contributed by atoms with E-state index in [-0.39, 0.29) is 24.0 Å². The number of ether oxygens (including phenoxy) is 1. The second-order valence-electron chi connectivity index (χ2n) is 7.52. The third-order valence-electron chi connectivity index (χ3n) is 5.43. The lowest BCUT2D eigenvalue weighted by atomic mass is 9.94. The van der Waals surface area contributed by atoms with Gasteiger partial charge in [0.15, 0.2) is 11.5 Å². The van der Waals surface area contributed by atoms with E-state index < -0.39 is 6.04 Å². The van der Waals surface area contributed by atoms with Gasteiger partial charge in [-0.1, -0.05) is 17.7 Å². The normalized spacial score (nSPS) is 15.4. The largest absolute Gasteiger partial charge is 0.507 e. The lowest BCUT2D eigenvalue weighted by Gasteiger charge is -2.26. The summed E-state index contributed by atoms with van der Waals surface area (Å²) in [6.45, 7) is 4.42. The maximum atomic E-state index is 13.2. The Morgan fingerprint density at radius 3 is 2.68 bits per heavy atom. The molecule has 31 heavy (non-hydrogen) atoms. The minimum absolute atomic E-state index is 0.0146. The lowest BCUT2D eigenvalue weighted by Crippen LogP contribution is -2.31. The van der Waals surface area contributed by atoms with E-state index in [1.165, 1.54) is 6.07 Å². The molecule has 1 aliphatic rings. The van der Waals surface area contributed by atoms with Gasteiger partial charge in [0.2, 0.25) is 0 Å². The predicted molar refractivity (Wildman–Crippen MR) is 114 cm³/mol. The first-order chi connectivity index (χ1) is 15.0. The molecule has 1 aliphatic heterocycles. The summed E-state index contributed by atoms with van der Waals surface area (Å²) < 4.78 is 5.54. The Morgan fingerprint density at radius 1 is 1.16 bits per heavy atom. The molecule has 162 valence electrons. The third kappa shape index (κ3) is 3.59. The maximum Gasteiger partial charge on any atom is 0.273 e. The second-order valence-corrected chi connectivity index (χ2v) is 7.52. The highest BCUT2D eigenvalue weighted by molar-refractivity contribution is 6.00. The van der Waals surface area contributed by atoms with Gasteiger partial charge in [0.25, 0.3) is 5.91 Å². The highest BCUT2D eigenvalue weighted by atomic mass is 16.5. The van der Waals surface area contributed by atoms with Gasteiger partial charge in [-0.25, -0.2) is 0 Å². The molecular weight excluding hydrogens is 398 g/mol. The second kappa shape index (κ2) is 8.31. The molecule has 1 amide bonds. The smallest absolute Gasteiger partial charge is 0.273 e. The number of aromatic hydroxyl groups is 2. The fourth-order valence-corrected chi connectivity index (χ4v) is 4.03. The van der Waals surface area contributed by atoms with Crippen LogP contribution in [0.3, 0.4) is 0 Å². The number of aliphatic hydroxyl groups excluding tert-OH is 1. The van der Waals surface area contributed by atoms with Crippen LogP contribution < -0.4 is 4.74 Å². The summed E-state index contributed by atoms with van der Waals surface area (Å²) in [6.07, 6.45) is 0.418. The van der Waals surface area contributed by atoms with Gasteiger partial charge in [-0.15, -0.1) is 0 Å². The molecule has 1 atom stereocenters. The zero-order valence-electron chi connectivity index (χ0n) is 17.4. The number of aliphatic hydroxyl groups is 1. The van der Waals surface area contributed by atoms with E-state index in [4.69, 9.17) is 4.74 Å². The Hall–Kier alpha value is -3.52. The van der Waals surface area contributed by atoms with E-state index in [9.17, 15) is 20.1 Å². The summed E-state index contributed by atoms with van der Waals surface area (Å²) >= 11 is 0. The molecule has 0 bridgehead atoms. The number of fused-ring (bicyclic) bond motifs is 1. The molecule has 3 aromatic rings. The number of phenols is 2. The molecule has 0 unspecified atom stereocenters. The number of rotatable bonds is 7. The molecule has 0 saturated carbocycles. The van der Waals surface area contributed by atoms with Gasteiger partial charge in [0, 0.05) is 24.3 Å². The number of nitrogens with zero attached hydrogens (tertiary/aromatic N) is 2. The van der Waals surface area contributed by atoms with E-state index >= 15 is 0 Å². The van der Waals surface area contributed by atoms with Crippen LogP contribution in [0.15, 0.2) is 36.4 Å². The van der Waals surface area contributed by atoms with Crippen molar-refractivity contribution in [1.29, 1.82) is 0 Å². The number of aromatic nitrogens is 2. The first kappa shape index (κ1) is 20.7. The lowest BCUT2D eigenvalue weighted by molar-refractivity contribution is 0.0732. The third-order valence-corrected chi connectivity index (χ3v) is 5.43. The Balaban J connectivity index is 1.89. The number of nitrogens with one attached hydrogen (secondary N) is 1. The van der Waals surface area contributed by atoms with Crippen molar-refractivity contribution in [2.24, 2.45) is 0 Å². The SMILES string of the molecule is CCOc1cc([C@H]2c3c(-c4cc(C)ccc4O)n[nH]c3C(=O)N2CCCO)ccc1O. The first-order valence-electron chi connectivity index (χ1n) is 10.2. The number of hydrogen-bond acceptors (Lipinski definition) is 6. The van der Waals surface area contributed by atoms with Crippen LogP contribution in [0.2, 0.25) is 0 Å². The summed E-state index contributed by atoms with van der Waals surface area (Å²) in [6, 6.07) is 9.71. The van der Waals surface area contributed by atoms with E-state index in [0.717, 1.165) is 11.1 Å². The summed E-state index contributed by atoms with van der Waals surface area (Å²) in [5, 5.41) is 37.2. The minimum atomic E-state index is -0.512. The van der Waals surface area contributed by atoms with Crippen LogP contribution in [0.25, 0.3) is 11.3 Å². The number of carbonyl (C=O) groups excluding carboxylic acids is 1. The summed E-state index contributed by atoms with van der Waals surface area (Å²) in [5.41, 5.74) is 3.71. The van der Waals surface area contributed by atoms with Crippen LogP contribution in [-0.2, 0) is 0 Å². The van der Waals surface area contributed by atoms with Crippen LogP contribution in [0.4, 0.5) is 0 Å². The van der Waals surface area contributed by atoms with Gasteiger partial charge in [-0.3, -0.25) is 9.89 Å². The minimum Gasteiger partial charge on any atom is -0.507 e. The Morgan fingerprint density at radius 2 is 1.94 bits per heavy atom. The van der Waals surface area contributed by atoms with Gasteiger partial charge in [-0.05, 0) is 50.1 Å². The molecule has 0 aliphatic carbocycles. The molecule has 2 aromatic carbocycles. The van der Waals surface area contributed by atoms with Crippen LogP contribution in [0.5, 0.6) is 17.2 Å². The van der Waals surface area contributed by atoms with Crippen molar-refractivity contribution in [2.75, 3.05) is 19.8 Å². The molecule has 4 N–H and O–H groups in total. The fraction of sp³-hybridized carbons (Fsp3) is 0.304. The van der Waals surface area contributed by atoms with Crippen molar-refractivity contribution in [3.8, 4) is 28.5 Å². The number of hydrogen-bond donors (Lipinski definition) is 4. The number of aromatic amines is 1. The molecule has 4 rings (SSSR count). The van der Waals surface area contributed by atoms with Crippen LogP contribution >= 0.6 is 0 Å². The maximum absolute atomic E-state index is 13.2. The zero-order valence-corrected chi connectivity index (χ0v) is 17.4. The van der Waals surface area contributed by atoms with E-state index in [0.29, 0.717) is 47.8 Å². The van der Waals surface area contributed by atoms with Crippen molar-refractivity contribution >= 4 is 5.91 Å². The molecule has 0 fully saturated rings. The number of phenolic OH excluding ortho intramolecular Hbond substituents is 2. The number of carbonyl (C=O) groups is 1. The Bertz CT molecular complexity index is 1120. The molecule has 0 spiro atoms. The number of benzene rings is 2. The van der Waals surface area contributed by atoms with Gasteiger partial charge in [0.1, 0.15) is 17.1 Å². The van der Waals surface area contributed by atoms with E-state index in [2.05, 4.69) is 10.2 Å². The number of aryl methyl sites for hydroxylation is 1. The van der Waals surface area contributed by atoms with Crippen molar-refractivity contribution < 1.29 is 24.9 Å². The molecule has 0 radical (unpaired) electrons. The van der Waals surface area contributed by atoms with Gasteiger partial charge < -0.3 is 25.0 Å². The fourth-order valence-electron chi connectivity index (χ4n) is 4.03. The highest BCUT2D eigenvalue weighted by Crippen LogP contribution is 2.45. The first-order valence-corrected chi connectivity index (χ1v) is 10.2. The molecule has 0 saturated heterocycles. The van der Waals surface area contributed by atoms with Crippen molar-refractivity contribution in [1.82, 2.24) is 15.1 Å². The average Bonchev–Trinajstić information content (AvgIpc) is 3.29. The summed E-state index contributed by atoms with van der Waals surface area (Å²) in [4.78, 5) is 14.9. The van der Waals surface area contributed by atoms with Crippen molar-refractivity contribution in [3.05, 3.63) is 58.8 Å². The molecule has 8 nitrogen and oxygen atoms in total. The van der Waals surface area contributed by atoms with Crippen LogP contribution in [-0.4, -0.2) is 56.1 Å². The topological polar surface area (TPSA) is 119 Å². The average molecular weight is 423 g/mol. The van der Waals surface area contributed by atoms with E-state index in [1.54, 1.807) is 29.2 Å². The van der Waals surface area contributed by atoms with Gasteiger partial charge in [-0.2, -0.15) is 5.10 Å². The van der Waals surface area contributed by atoms with Gasteiger partial charge >= 0.3 is 0 Å². The zero-order chi connectivity index (χ0) is 22.1. The van der Waals surface area contributed by atoms with Crippen LogP contribution in [0.1, 0.15) is 46.6 Å². The number of amides is 1. The molecular formula is C23H25N3O5. The monoisotopic (exact) mass is 423 g/mol. The van der Waals surface area contributed by atoms with E-state index in [1.807, 2.05) is 19.9 Å². The molecule has 8 heteroatoms. The molecule has 2 heterocycles. The number of H-pyrrole nitrogens is 1. The molecule has 1 aromatic heterocycles. The highest BCUT2D eigenvalue weighted by Gasteiger charge is 2.42. The van der Waals surface area contributed by atoms with Gasteiger partial charge in [0.05, 0.1) is 12.6 Å². The van der Waals surface area contributed by atoms with Crippen molar-refractivity contribution in [2.45, 2.75) is 26.3 Å². The summed E-state index contributed by atoms with van der Waals surface area (Å²) in [7, 11) is 0. The summed E-state index contributed by atoms with van der Waals surface area (Å²) in [5.74, 6) is 0.179. The van der Waals surface area contributed by atoms with Crippen LogP contribution in [0, 0.1) is 6.92 Å². The predicted octanol–water partition coefficient (Wildman–Crippen LogP) is 3.12. The standard InChI is InChI=1S/C23H25N3O5/c1-3-31-18-12-14(6-8-17(18)29)22-19-20(15-11-13(2)5-7-16(15)28)24-25-21(19)23(30)26(22)9-4-10-27/h5-8,11-12,22,27-29H,3-4,9-10H2,1-2H3,(H,24,25)/t22-/m0/s1. The van der Waals surface area contributed by atoms with Crippen molar-refractivity contribution in [3.63, 3.8) is 0 Å². The Kier molecular flexibility index (Phi) is 5.56.